The molecule has 28 heavy (non-hydrogen) atoms. The van der Waals surface area contributed by atoms with E-state index in [1.807, 2.05) is 30.3 Å². The van der Waals surface area contributed by atoms with E-state index in [1.165, 1.54) is 11.3 Å². The van der Waals surface area contributed by atoms with Gasteiger partial charge in [-0.25, -0.2) is 0 Å². The SMILES string of the molecule is O=C(NCCn1ccnn1)C1CC(=O)N(c2nnc(Cc3ccccc3)s2)C1. The first kappa shape index (κ1) is 18.2. The van der Waals surface area contributed by atoms with Crippen molar-refractivity contribution in [3.05, 3.63) is 53.3 Å². The van der Waals surface area contributed by atoms with Crippen molar-refractivity contribution in [3.63, 3.8) is 0 Å². The standard InChI is InChI=1S/C18H19N7O2S/c26-16-11-14(17(27)19-6-8-24-9-7-20-23-24)12-25(16)18-22-21-15(28-18)10-13-4-2-1-3-5-13/h1-5,7,9,14H,6,8,10-12H2,(H,19,27). The van der Waals surface area contributed by atoms with E-state index < -0.39 is 0 Å². The van der Waals surface area contributed by atoms with Crippen LogP contribution in [0, 0.1) is 5.92 Å². The van der Waals surface area contributed by atoms with E-state index in [2.05, 4.69) is 25.8 Å². The topological polar surface area (TPSA) is 106 Å². The third-order valence-electron chi connectivity index (χ3n) is 4.49. The van der Waals surface area contributed by atoms with Gasteiger partial charge in [-0.05, 0) is 5.56 Å². The molecule has 144 valence electrons. The number of benzene rings is 1. The predicted octanol–water partition coefficient (Wildman–Crippen LogP) is 0.890. The van der Waals surface area contributed by atoms with E-state index in [-0.39, 0.29) is 24.2 Å². The molecule has 1 unspecified atom stereocenters. The van der Waals surface area contributed by atoms with Gasteiger partial charge in [0, 0.05) is 32.1 Å². The summed E-state index contributed by atoms with van der Waals surface area (Å²) in [6, 6.07) is 9.99. The van der Waals surface area contributed by atoms with E-state index in [0.29, 0.717) is 31.2 Å². The van der Waals surface area contributed by atoms with Gasteiger partial charge in [-0.15, -0.1) is 15.3 Å². The number of nitrogens with one attached hydrogen (secondary N) is 1. The van der Waals surface area contributed by atoms with Crippen LogP contribution in [0.2, 0.25) is 0 Å². The lowest BCUT2D eigenvalue weighted by atomic mass is 10.1. The van der Waals surface area contributed by atoms with E-state index in [4.69, 9.17) is 0 Å². The molecule has 4 rings (SSSR count). The molecule has 1 atom stereocenters. The fourth-order valence-electron chi connectivity index (χ4n) is 3.05. The van der Waals surface area contributed by atoms with Crippen molar-refractivity contribution in [3.8, 4) is 0 Å². The van der Waals surface area contributed by atoms with Gasteiger partial charge in [0.25, 0.3) is 0 Å². The minimum atomic E-state index is -0.385. The Bertz CT molecular complexity index is 942. The second kappa shape index (κ2) is 8.26. The van der Waals surface area contributed by atoms with Gasteiger partial charge in [0.05, 0.1) is 18.7 Å². The summed E-state index contributed by atoms with van der Waals surface area (Å²) < 4.78 is 1.64. The second-order valence-electron chi connectivity index (χ2n) is 6.50. The predicted molar refractivity (Wildman–Crippen MR) is 103 cm³/mol. The number of carbonyl (C=O) groups is 2. The van der Waals surface area contributed by atoms with Gasteiger partial charge >= 0.3 is 0 Å². The minimum Gasteiger partial charge on any atom is -0.354 e. The van der Waals surface area contributed by atoms with Crippen molar-refractivity contribution in [2.24, 2.45) is 5.92 Å². The van der Waals surface area contributed by atoms with Crippen LogP contribution in [0.15, 0.2) is 42.7 Å². The average Bonchev–Trinajstić information content (AvgIpc) is 3.44. The van der Waals surface area contributed by atoms with Crippen LogP contribution in [0.25, 0.3) is 0 Å². The summed E-state index contributed by atoms with van der Waals surface area (Å²) in [7, 11) is 0. The van der Waals surface area contributed by atoms with Crippen molar-refractivity contribution in [2.75, 3.05) is 18.0 Å². The number of carbonyl (C=O) groups excluding carboxylic acids is 2. The quantitative estimate of drug-likeness (QED) is 0.635. The fourth-order valence-corrected chi connectivity index (χ4v) is 3.95. The molecule has 1 saturated heterocycles. The van der Waals surface area contributed by atoms with Crippen LogP contribution < -0.4 is 10.2 Å². The van der Waals surface area contributed by atoms with Crippen molar-refractivity contribution in [1.82, 2.24) is 30.5 Å². The van der Waals surface area contributed by atoms with Gasteiger partial charge in [0.1, 0.15) is 5.01 Å². The summed E-state index contributed by atoms with van der Waals surface area (Å²) in [6.45, 7) is 1.30. The normalized spacial score (nSPS) is 16.5. The maximum atomic E-state index is 12.4. The number of amides is 2. The Hall–Kier alpha value is -3.14. The zero-order chi connectivity index (χ0) is 19.3. The molecule has 9 nitrogen and oxygen atoms in total. The van der Waals surface area contributed by atoms with Gasteiger partial charge in [0.15, 0.2) is 0 Å². The second-order valence-corrected chi connectivity index (χ2v) is 7.54. The van der Waals surface area contributed by atoms with Gasteiger partial charge in [-0.2, -0.15) is 0 Å². The first-order valence-electron chi connectivity index (χ1n) is 8.97. The monoisotopic (exact) mass is 397 g/mol. The van der Waals surface area contributed by atoms with E-state index in [1.54, 1.807) is 22.0 Å². The number of aromatic nitrogens is 5. The molecule has 0 saturated carbocycles. The van der Waals surface area contributed by atoms with Crippen LogP contribution in [0.1, 0.15) is 17.0 Å². The van der Waals surface area contributed by atoms with Crippen LogP contribution in [0.3, 0.4) is 0 Å². The Labute approximate surface area is 165 Å². The van der Waals surface area contributed by atoms with E-state index in [9.17, 15) is 9.59 Å². The largest absolute Gasteiger partial charge is 0.354 e. The Morgan fingerprint density at radius 3 is 2.89 bits per heavy atom. The molecule has 1 N–H and O–H groups in total. The molecule has 1 aliphatic heterocycles. The molecule has 0 radical (unpaired) electrons. The summed E-state index contributed by atoms with van der Waals surface area (Å²) >= 11 is 1.39. The van der Waals surface area contributed by atoms with Crippen LogP contribution in [0.5, 0.6) is 0 Å². The lowest BCUT2D eigenvalue weighted by Gasteiger charge is -2.12. The third kappa shape index (κ3) is 4.22. The maximum absolute atomic E-state index is 12.4. The van der Waals surface area contributed by atoms with Crippen LogP contribution in [-0.4, -0.2) is 50.1 Å². The highest BCUT2D eigenvalue weighted by Gasteiger charge is 2.36. The molecule has 2 aromatic heterocycles. The molecule has 1 aromatic carbocycles. The molecule has 0 aliphatic carbocycles. The zero-order valence-corrected chi connectivity index (χ0v) is 15.9. The number of nitrogens with zero attached hydrogens (tertiary/aromatic N) is 6. The Kier molecular flexibility index (Phi) is 5.38. The lowest BCUT2D eigenvalue weighted by Crippen LogP contribution is -2.34. The van der Waals surface area contributed by atoms with Gasteiger partial charge in [-0.1, -0.05) is 46.9 Å². The molecule has 10 heteroatoms. The first-order chi connectivity index (χ1) is 13.7. The van der Waals surface area contributed by atoms with Crippen LogP contribution in [0.4, 0.5) is 5.13 Å². The van der Waals surface area contributed by atoms with Gasteiger partial charge in [-0.3, -0.25) is 19.2 Å². The molecular weight excluding hydrogens is 378 g/mol. The zero-order valence-electron chi connectivity index (χ0n) is 15.1. The highest BCUT2D eigenvalue weighted by molar-refractivity contribution is 7.15. The van der Waals surface area contributed by atoms with Gasteiger partial charge < -0.3 is 5.32 Å². The molecular formula is C18H19N7O2S. The molecule has 3 heterocycles. The first-order valence-corrected chi connectivity index (χ1v) is 9.79. The summed E-state index contributed by atoms with van der Waals surface area (Å²) in [4.78, 5) is 26.3. The van der Waals surface area contributed by atoms with Crippen molar-refractivity contribution < 1.29 is 9.59 Å². The summed E-state index contributed by atoms with van der Waals surface area (Å²) in [5.41, 5.74) is 1.14. The Morgan fingerprint density at radius 1 is 1.25 bits per heavy atom. The smallest absolute Gasteiger partial charge is 0.229 e. The average molecular weight is 397 g/mol. The molecule has 0 spiro atoms. The highest BCUT2D eigenvalue weighted by Crippen LogP contribution is 2.28. The Morgan fingerprint density at radius 2 is 2.11 bits per heavy atom. The molecule has 3 aromatic rings. The number of rotatable bonds is 7. The van der Waals surface area contributed by atoms with Crippen molar-refractivity contribution in [2.45, 2.75) is 19.4 Å². The van der Waals surface area contributed by atoms with Crippen molar-refractivity contribution >= 4 is 28.3 Å². The van der Waals surface area contributed by atoms with Gasteiger partial charge in [0.2, 0.25) is 16.9 Å². The van der Waals surface area contributed by atoms with Crippen molar-refractivity contribution in [1.29, 1.82) is 0 Å². The number of anilines is 1. The molecule has 1 fully saturated rings. The number of hydrogen-bond acceptors (Lipinski definition) is 7. The third-order valence-corrected chi connectivity index (χ3v) is 5.44. The molecule has 0 bridgehead atoms. The summed E-state index contributed by atoms with van der Waals surface area (Å²) in [5.74, 6) is -0.617. The molecule has 1 aliphatic rings. The number of hydrogen-bond donors (Lipinski definition) is 1. The van der Waals surface area contributed by atoms with E-state index in [0.717, 1.165) is 10.6 Å². The fraction of sp³-hybridized carbons (Fsp3) is 0.333. The lowest BCUT2D eigenvalue weighted by molar-refractivity contribution is -0.126. The summed E-state index contributed by atoms with van der Waals surface area (Å²) in [5, 5.41) is 20.2. The van der Waals surface area contributed by atoms with Crippen LogP contribution in [-0.2, 0) is 22.6 Å². The van der Waals surface area contributed by atoms with E-state index >= 15 is 0 Å². The van der Waals surface area contributed by atoms with Crippen LogP contribution >= 0.6 is 11.3 Å². The Balaban J connectivity index is 1.32. The minimum absolute atomic E-state index is 0.0983. The molecule has 2 amide bonds. The highest BCUT2D eigenvalue weighted by atomic mass is 32.1. The summed E-state index contributed by atoms with van der Waals surface area (Å²) in [6.07, 6.45) is 4.18. The maximum Gasteiger partial charge on any atom is 0.229 e.